The van der Waals surface area contributed by atoms with E-state index in [1.54, 1.807) is 11.8 Å². The Hall–Kier alpha value is -2.26. The average molecular weight is 552 g/mol. The number of hydrogen-bond donors (Lipinski definition) is 0. The van der Waals surface area contributed by atoms with Gasteiger partial charge >= 0.3 is 0 Å². The second-order valence-electron chi connectivity index (χ2n) is 9.12. The summed E-state index contributed by atoms with van der Waals surface area (Å²) in [5.41, 5.74) is 3.02. The summed E-state index contributed by atoms with van der Waals surface area (Å²) in [5, 5.41) is 0. The first-order valence-corrected chi connectivity index (χ1v) is 14.5. The zero-order valence-electron chi connectivity index (χ0n) is 22.1. The quantitative estimate of drug-likeness (QED) is 0.226. The van der Waals surface area contributed by atoms with E-state index in [9.17, 15) is 0 Å². The van der Waals surface area contributed by atoms with E-state index in [1.807, 2.05) is 54.6 Å². The summed E-state index contributed by atoms with van der Waals surface area (Å²) in [7, 11) is 0. The Kier molecular flexibility index (Phi) is 11.6. The maximum Gasteiger partial charge on any atom is 0.139 e. The van der Waals surface area contributed by atoms with Crippen LogP contribution in [-0.4, -0.2) is 52.7 Å². The molecule has 0 spiro atoms. The maximum atomic E-state index is 6.59. The standard InChI is InChI=1S/C31H37NO4S2/c1-3-32(4-2)31(37)38-30-29(35-22-26-18-12-7-13-19-26)28(34-21-25-16-10-6-11-17-25)27(36-30)23-33-20-24-14-8-5-9-15-24/h5-19,27-30H,3-4,20-23H2,1-2H3/t27-,28+,29-,30?/m1/s1. The molecule has 7 heteroatoms. The lowest BCUT2D eigenvalue weighted by Crippen LogP contribution is -2.39. The third-order valence-corrected chi connectivity index (χ3v) is 8.09. The summed E-state index contributed by atoms with van der Waals surface area (Å²) in [6, 6.07) is 30.5. The first-order chi connectivity index (χ1) is 18.7. The van der Waals surface area contributed by atoms with Gasteiger partial charge in [0.2, 0.25) is 0 Å². The zero-order chi connectivity index (χ0) is 26.6. The Bertz CT molecular complexity index is 1080. The summed E-state index contributed by atoms with van der Waals surface area (Å²) in [5.74, 6) is 0. The van der Waals surface area contributed by atoms with E-state index in [-0.39, 0.29) is 23.7 Å². The van der Waals surface area contributed by atoms with Crippen LogP contribution in [0.4, 0.5) is 0 Å². The monoisotopic (exact) mass is 551 g/mol. The predicted molar refractivity (Wildman–Crippen MR) is 158 cm³/mol. The normalized spacial score (nSPS) is 20.9. The third kappa shape index (κ3) is 8.37. The molecule has 38 heavy (non-hydrogen) atoms. The van der Waals surface area contributed by atoms with Gasteiger partial charge in [-0.25, -0.2) is 0 Å². The fraction of sp³-hybridized carbons (Fsp3) is 0.387. The van der Waals surface area contributed by atoms with E-state index in [1.165, 1.54) is 0 Å². The van der Waals surface area contributed by atoms with Crippen molar-refractivity contribution in [3.05, 3.63) is 108 Å². The summed E-state index contributed by atoms with van der Waals surface area (Å²) in [6.45, 7) is 7.76. The van der Waals surface area contributed by atoms with E-state index in [4.69, 9.17) is 31.2 Å². The van der Waals surface area contributed by atoms with Gasteiger partial charge in [0.05, 0.1) is 26.4 Å². The molecule has 1 unspecified atom stereocenters. The van der Waals surface area contributed by atoms with Gasteiger partial charge in [0.25, 0.3) is 0 Å². The topological polar surface area (TPSA) is 40.2 Å². The lowest BCUT2D eigenvalue weighted by Gasteiger charge is -2.27. The SMILES string of the molecule is CCN(CC)C(=S)SC1O[C@H](COCc2ccccc2)[C@H](OCc2ccccc2)[C@H]1OCc1ccccc1. The van der Waals surface area contributed by atoms with Crippen LogP contribution in [0.2, 0.25) is 0 Å². The summed E-state index contributed by atoms with van der Waals surface area (Å²) in [6.07, 6.45) is -0.922. The Balaban J connectivity index is 1.51. The minimum atomic E-state index is -0.317. The van der Waals surface area contributed by atoms with E-state index in [0.29, 0.717) is 26.4 Å². The van der Waals surface area contributed by atoms with Crippen molar-refractivity contribution in [3.8, 4) is 0 Å². The van der Waals surface area contributed by atoms with Gasteiger partial charge in [-0.05, 0) is 30.5 Å². The van der Waals surface area contributed by atoms with Gasteiger partial charge in [-0.3, -0.25) is 0 Å². The number of benzene rings is 3. The summed E-state index contributed by atoms with van der Waals surface area (Å²) in [4.78, 5) is 2.16. The molecule has 202 valence electrons. The highest BCUT2D eigenvalue weighted by Gasteiger charge is 2.47. The summed E-state index contributed by atoms with van der Waals surface area (Å²) >= 11 is 7.33. The van der Waals surface area contributed by atoms with Crippen LogP contribution in [-0.2, 0) is 38.8 Å². The van der Waals surface area contributed by atoms with E-state index < -0.39 is 0 Å². The molecule has 5 nitrogen and oxygen atoms in total. The van der Waals surface area contributed by atoms with E-state index in [0.717, 1.165) is 34.1 Å². The number of nitrogens with zero attached hydrogens (tertiary/aromatic N) is 1. The van der Waals surface area contributed by atoms with Crippen LogP contribution in [0.5, 0.6) is 0 Å². The maximum absolute atomic E-state index is 6.59. The molecule has 1 saturated heterocycles. The van der Waals surface area contributed by atoms with Gasteiger partial charge in [-0.2, -0.15) is 0 Å². The molecule has 3 aromatic carbocycles. The van der Waals surface area contributed by atoms with Crippen molar-refractivity contribution in [2.75, 3.05) is 19.7 Å². The molecule has 0 radical (unpaired) electrons. The van der Waals surface area contributed by atoms with Crippen molar-refractivity contribution in [1.82, 2.24) is 4.90 Å². The number of thiocarbonyl (C=S) groups is 1. The highest BCUT2D eigenvalue weighted by Crippen LogP contribution is 2.36. The Morgan fingerprint density at radius 3 is 1.71 bits per heavy atom. The van der Waals surface area contributed by atoms with Crippen LogP contribution < -0.4 is 0 Å². The lowest BCUT2D eigenvalue weighted by molar-refractivity contribution is -0.0895. The van der Waals surface area contributed by atoms with Crippen molar-refractivity contribution in [3.63, 3.8) is 0 Å². The first-order valence-electron chi connectivity index (χ1n) is 13.2. The molecule has 4 atom stereocenters. The molecule has 1 aliphatic heterocycles. The van der Waals surface area contributed by atoms with Gasteiger partial charge < -0.3 is 23.8 Å². The molecule has 0 amide bonds. The Morgan fingerprint density at radius 1 is 0.737 bits per heavy atom. The second kappa shape index (κ2) is 15.4. The highest BCUT2D eigenvalue weighted by molar-refractivity contribution is 8.23. The van der Waals surface area contributed by atoms with E-state index >= 15 is 0 Å². The summed E-state index contributed by atoms with van der Waals surface area (Å²) < 4.78 is 26.6. The largest absolute Gasteiger partial charge is 0.374 e. The number of ether oxygens (including phenoxy) is 4. The van der Waals surface area contributed by atoms with Gasteiger partial charge in [0, 0.05) is 13.1 Å². The van der Waals surface area contributed by atoms with Gasteiger partial charge in [0.1, 0.15) is 28.1 Å². The molecule has 0 saturated carbocycles. The Morgan fingerprint density at radius 2 is 1.21 bits per heavy atom. The van der Waals surface area contributed by atoms with Crippen molar-refractivity contribution in [1.29, 1.82) is 0 Å². The van der Waals surface area contributed by atoms with Crippen molar-refractivity contribution in [2.45, 2.75) is 57.4 Å². The minimum Gasteiger partial charge on any atom is -0.374 e. The zero-order valence-corrected chi connectivity index (χ0v) is 23.7. The molecule has 4 rings (SSSR count). The average Bonchev–Trinajstić information content (AvgIpc) is 3.28. The first kappa shape index (κ1) is 28.7. The lowest BCUT2D eigenvalue weighted by atomic mass is 10.1. The van der Waals surface area contributed by atoms with Crippen molar-refractivity contribution < 1.29 is 18.9 Å². The molecule has 1 aliphatic rings. The minimum absolute atomic E-state index is 0.291. The Labute approximate surface area is 236 Å². The smallest absolute Gasteiger partial charge is 0.139 e. The number of hydrogen-bond acceptors (Lipinski definition) is 6. The number of rotatable bonds is 13. The van der Waals surface area contributed by atoms with Crippen LogP contribution in [0.1, 0.15) is 30.5 Å². The highest BCUT2D eigenvalue weighted by atomic mass is 32.2. The van der Waals surface area contributed by atoms with Crippen LogP contribution in [0, 0.1) is 0 Å². The van der Waals surface area contributed by atoms with Crippen molar-refractivity contribution >= 4 is 28.3 Å². The molecule has 0 aliphatic carbocycles. The van der Waals surface area contributed by atoms with Crippen LogP contribution in [0.15, 0.2) is 91.0 Å². The molecular formula is C31H37NO4S2. The van der Waals surface area contributed by atoms with Crippen LogP contribution >= 0.6 is 24.0 Å². The van der Waals surface area contributed by atoms with Gasteiger partial charge in [-0.1, -0.05) is 115 Å². The molecule has 0 bridgehead atoms. The van der Waals surface area contributed by atoms with Crippen LogP contribution in [0.25, 0.3) is 0 Å². The molecule has 0 aromatic heterocycles. The number of thioether (sulfide) groups is 1. The molecule has 0 N–H and O–H groups in total. The fourth-order valence-corrected chi connectivity index (χ4v) is 6.07. The predicted octanol–water partition coefficient (Wildman–Crippen LogP) is 6.46. The molecular weight excluding hydrogens is 514 g/mol. The van der Waals surface area contributed by atoms with Crippen LogP contribution in [0.3, 0.4) is 0 Å². The third-order valence-electron chi connectivity index (χ3n) is 6.47. The van der Waals surface area contributed by atoms with E-state index in [2.05, 4.69) is 55.1 Å². The van der Waals surface area contributed by atoms with Crippen molar-refractivity contribution in [2.24, 2.45) is 0 Å². The molecule has 1 fully saturated rings. The molecule has 1 heterocycles. The molecule has 3 aromatic rings. The van der Waals surface area contributed by atoms with Gasteiger partial charge in [-0.15, -0.1) is 0 Å². The fourth-order valence-electron chi connectivity index (χ4n) is 4.35. The van der Waals surface area contributed by atoms with Gasteiger partial charge in [0.15, 0.2) is 0 Å². The second-order valence-corrected chi connectivity index (χ2v) is 10.9.